The van der Waals surface area contributed by atoms with Crippen LogP contribution in [0.25, 0.3) is 0 Å². The molecule has 0 spiro atoms. The molecule has 5 rings (SSSR count). The standard InChI is InChI=1S/C38H60N2O6/c1-9-11-29(43)39-21-35(6)25-15-18-36(7)26(34(25,5)17-16-27(35)41)14-13-23-24-19-33(3,4)31(45)32(46)38(24,22-40-30(44)12-10-2)28(42)20-37(23,36)8/h9-13,24-28,31-32,41-42,45-46H,14-22H2,1-8H3,(H,39,43)(H,40,44)/b11-9+,12-10+/t24?,25?,26?,27-,28+,31-,32-,34-,35+,36+,37+,38-/m0/s1. The molecule has 12 atom stereocenters. The summed E-state index contributed by atoms with van der Waals surface area (Å²) in [7, 11) is 0. The lowest BCUT2D eigenvalue weighted by Gasteiger charge is -2.72. The third kappa shape index (κ3) is 4.90. The Morgan fingerprint density at radius 2 is 1.41 bits per heavy atom. The summed E-state index contributed by atoms with van der Waals surface area (Å²) in [5, 5.41) is 53.1. The number of aliphatic hydroxyl groups excluding tert-OH is 4. The van der Waals surface area contributed by atoms with Gasteiger partial charge < -0.3 is 31.1 Å². The third-order valence-corrected chi connectivity index (χ3v) is 14.8. The Kier molecular flexibility index (Phi) is 9.10. The zero-order valence-corrected chi connectivity index (χ0v) is 29.4. The van der Waals surface area contributed by atoms with Gasteiger partial charge in [0.2, 0.25) is 11.8 Å². The lowest BCUT2D eigenvalue weighted by molar-refractivity contribution is -0.247. The van der Waals surface area contributed by atoms with Crippen LogP contribution in [0.15, 0.2) is 36.0 Å². The summed E-state index contributed by atoms with van der Waals surface area (Å²) in [5.41, 5.74) is -1.51. The summed E-state index contributed by atoms with van der Waals surface area (Å²) in [5.74, 6) is -0.115. The van der Waals surface area contributed by atoms with Gasteiger partial charge >= 0.3 is 0 Å². The molecule has 0 aromatic carbocycles. The van der Waals surface area contributed by atoms with Gasteiger partial charge in [0.25, 0.3) is 0 Å². The second kappa shape index (κ2) is 11.9. The predicted octanol–water partition coefficient (Wildman–Crippen LogP) is 4.43. The van der Waals surface area contributed by atoms with Gasteiger partial charge in [0.15, 0.2) is 0 Å². The van der Waals surface area contributed by atoms with E-state index in [-0.39, 0.29) is 46.4 Å². The van der Waals surface area contributed by atoms with Crippen LogP contribution in [0.3, 0.4) is 0 Å². The topological polar surface area (TPSA) is 139 Å². The van der Waals surface area contributed by atoms with Crippen LogP contribution in [0, 0.1) is 50.2 Å². The summed E-state index contributed by atoms with van der Waals surface area (Å²) >= 11 is 0. The van der Waals surface area contributed by atoms with Crippen LogP contribution < -0.4 is 10.6 Å². The molecule has 2 amide bonds. The van der Waals surface area contributed by atoms with Crippen molar-refractivity contribution in [2.75, 3.05) is 13.1 Å². The van der Waals surface area contributed by atoms with Gasteiger partial charge in [-0.15, -0.1) is 0 Å². The normalized spacial score (nSPS) is 48.1. The number of amides is 2. The van der Waals surface area contributed by atoms with Gasteiger partial charge in [-0.25, -0.2) is 0 Å². The van der Waals surface area contributed by atoms with Gasteiger partial charge in [-0.3, -0.25) is 9.59 Å². The second-order valence-corrected chi connectivity index (χ2v) is 17.3. The van der Waals surface area contributed by atoms with E-state index in [1.54, 1.807) is 19.1 Å². The fourth-order valence-electron chi connectivity index (χ4n) is 11.9. The SMILES string of the molecule is C/C=C/C(=O)NC[C@@]12C(CC(C)(C)[C@@H](O)[C@@H]1O)C1=CCC3[C@@]4(C)CC[C@H](O)[C@](C)(CNC(=O)/C=C/C)C4CC[C@@]3(C)[C@]1(C)C[C@H]2O. The molecule has 5 aliphatic carbocycles. The Balaban J connectivity index is 1.56. The minimum atomic E-state index is -1.20. The first-order chi connectivity index (χ1) is 21.4. The van der Waals surface area contributed by atoms with Crippen LogP contribution in [-0.4, -0.2) is 69.7 Å². The molecule has 0 bridgehead atoms. The quantitative estimate of drug-likeness (QED) is 0.188. The molecule has 0 aromatic rings. The molecule has 5 aliphatic rings. The number of aliphatic hydroxyl groups is 4. The molecule has 6 N–H and O–H groups in total. The lowest BCUT2D eigenvalue weighted by atomic mass is 9.33. The van der Waals surface area contributed by atoms with Crippen LogP contribution in [0.5, 0.6) is 0 Å². The van der Waals surface area contributed by atoms with E-state index in [0.717, 1.165) is 25.7 Å². The van der Waals surface area contributed by atoms with Crippen LogP contribution in [-0.2, 0) is 9.59 Å². The summed E-state index contributed by atoms with van der Waals surface area (Å²) < 4.78 is 0. The van der Waals surface area contributed by atoms with Gasteiger partial charge in [-0.1, -0.05) is 65.3 Å². The lowest BCUT2D eigenvalue weighted by Crippen LogP contribution is -2.72. The van der Waals surface area contributed by atoms with Gasteiger partial charge in [-0.05, 0) is 110 Å². The molecule has 4 saturated carbocycles. The second-order valence-electron chi connectivity index (χ2n) is 17.3. The van der Waals surface area contributed by atoms with E-state index in [4.69, 9.17) is 0 Å². The summed E-state index contributed by atoms with van der Waals surface area (Å²) in [6.07, 6.45) is 10.4. The van der Waals surface area contributed by atoms with E-state index >= 15 is 0 Å². The Labute approximate surface area is 276 Å². The van der Waals surface area contributed by atoms with Crippen molar-refractivity contribution >= 4 is 11.8 Å². The fourth-order valence-corrected chi connectivity index (χ4v) is 11.9. The molecule has 8 heteroatoms. The first-order valence-corrected chi connectivity index (χ1v) is 17.6. The van der Waals surface area contributed by atoms with Crippen LogP contribution in [0.1, 0.15) is 100 Å². The highest BCUT2D eigenvalue weighted by molar-refractivity contribution is 5.87. The molecule has 46 heavy (non-hydrogen) atoms. The summed E-state index contributed by atoms with van der Waals surface area (Å²) in [6.45, 7) is 17.4. The average Bonchev–Trinajstić information content (AvgIpc) is 2.97. The van der Waals surface area contributed by atoms with Gasteiger partial charge in [0.05, 0.1) is 24.4 Å². The molecule has 8 nitrogen and oxygen atoms in total. The molecule has 0 aromatic heterocycles. The van der Waals surface area contributed by atoms with E-state index in [0.29, 0.717) is 31.7 Å². The molecule has 3 unspecified atom stereocenters. The highest BCUT2D eigenvalue weighted by Gasteiger charge is 2.72. The highest BCUT2D eigenvalue weighted by atomic mass is 16.3. The van der Waals surface area contributed by atoms with E-state index in [2.05, 4.69) is 44.4 Å². The largest absolute Gasteiger partial charge is 0.392 e. The van der Waals surface area contributed by atoms with Gasteiger partial charge in [0, 0.05) is 23.9 Å². The minimum Gasteiger partial charge on any atom is -0.392 e. The number of hydrogen-bond acceptors (Lipinski definition) is 6. The van der Waals surface area contributed by atoms with Crippen molar-refractivity contribution in [2.24, 2.45) is 50.2 Å². The smallest absolute Gasteiger partial charge is 0.243 e. The number of rotatable bonds is 6. The summed E-state index contributed by atoms with van der Waals surface area (Å²) in [6, 6.07) is 0. The van der Waals surface area contributed by atoms with Crippen molar-refractivity contribution < 1.29 is 30.0 Å². The maximum atomic E-state index is 12.6. The fraction of sp³-hybridized carbons (Fsp3) is 0.789. The first kappa shape index (κ1) is 35.3. The van der Waals surface area contributed by atoms with E-state index in [1.807, 2.05) is 20.8 Å². The number of allylic oxidation sites excluding steroid dienone is 4. The average molecular weight is 641 g/mol. The highest BCUT2D eigenvalue weighted by Crippen LogP contribution is 2.75. The number of fused-ring (bicyclic) bond motifs is 7. The Bertz CT molecular complexity index is 1310. The van der Waals surface area contributed by atoms with Gasteiger partial charge in [-0.2, -0.15) is 0 Å². The summed E-state index contributed by atoms with van der Waals surface area (Å²) in [4.78, 5) is 25.1. The molecular formula is C38H60N2O6. The zero-order valence-electron chi connectivity index (χ0n) is 29.4. The van der Waals surface area contributed by atoms with Crippen molar-refractivity contribution in [1.29, 1.82) is 0 Å². The molecule has 0 heterocycles. The molecule has 258 valence electrons. The van der Waals surface area contributed by atoms with Crippen molar-refractivity contribution in [1.82, 2.24) is 10.6 Å². The van der Waals surface area contributed by atoms with E-state index < -0.39 is 40.7 Å². The monoisotopic (exact) mass is 640 g/mol. The number of hydrogen-bond donors (Lipinski definition) is 6. The maximum Gasteiger partial charge on any atom is 0.243 e. The number of carbonyl (C=O) groups excluding carboxylic acids is 2. The molecule has 0 aliphatic heterocycles. The molecule has 0 saturated heterocycles. The molecule has 4 fully saturated rings. The zero-order chi connectivity index (χ0) is 34.1. The van der Waals surface area contributed by atoms with Crippen LogP contribution in [0.4, 0.5) is 0 Å². The maximum absolute atomic E-state index is 12.6. The van der Waals surface area contributed by atoms with Crippen molar-refractivity contribution in [3.8, 4) is 0 Å². The Morgan fingerprint density at radius 3 is 2.02 bits per heavy atom. The Hall–Kier alpha value is -2.00. The third-order valence-electron chi connectivity index (χ3n) is 14.8. The first-order valence-electron chi connectivity index (χ1n) is 17.6. The molecule has 0 radical (unpaired) electrons. The number of nitrogens with one attached hydrogen (secondary N) is 2. The predicted molar refractivity (Wildman–Crippen MR) is 179 cm³/mol. The van der Waals surface area contributed by atoms with Crippen LogP contribution >= 0.6 is 0 Å². The van der Waals surface area contributed by atoms with E-state index in [1.165, 1.54) is 17.7 Å². The molecular weight excluding hydrogens is 580 g/mol. The Morgan fingerprint density at radius 1 is 0.804 bits per heavy atom. The van der Waals surface area contributed by atoms with Crippen LogP contribution in [0.2, 0.25) is 0 Å². The van der Waals surface area contributed by atoms with Crippen molar-refractivity contribution in [2.45, 2.75) is 125 Å². The minimum absolute atomic E-state index is 0.0822. The number of carbonyl (C=O) groups is 2. The van der Waals surface area contributed by atoms with Crippen molar-refractivity contribution in [3.63, 3.8) is 0 Å². The van der Waals surface area contributed by atoms with E-state index in [9.17, 15) is 30.0 Å². The van der Waals surface area contributed by atoms with Crippen molar-refractivity contribution in [3.05, 3.63) is 36.0 Å². The van der Waals surface area contributed by atoms with Gasteiger partial charge in [0.1, 0.15) is 0 Å².